The van der Waals surface area contributed by atoms with Gasteiger partial charge in [-0.25, -0.2) is 4.98 Å². The lowest BCUT2D eigenvalue weighted by Gasteiger charge is -2.30. The number of hydrogen-bond donors (Lipinski definition) is 1. The molecule has 0 saturated heterocycles. The minimum atomic E-state index is -0.864. The summed E-state index contributed by atoms with van der Waals surface area (Å²) in [4.78, 5) is 16.1. The van der Waals surface area contributed by atoms with Crippen molar-refractivity contribution in [3.05, 3.63) is 53.1 Å². The monoisotopic (exact) mass is 314 g/mol. The molecule has 0 bridgehead atoms. The van der Waals surface area contributed by atoms with Gasteiger partial charge in [-0.15, -0.1) is 0 Å². The van der Waals surface area contributed by atoms with E-state index < -0.39 is 11.4 Å². The summed E-state index contributed by atoms with van der Waals surface area (Å²) in [6.07, 6.45) is 3.64. The van der Waals surface area contributed by atoms with Crippen molar-refractivity contribution in [2.24, 2.45) is 5.41 Å². The summed E-state index contributed by atoms with van der Waals surface area (Å²) in [6.45, 7) is 11.8. The zero-order chi connectivity index (χ0) is 17.4. The Morgan fingerprint density at radius 3 is 2.52 bits per heavy atom. The molecule has 0 aliphatic rings. The first-order chi connectivity index (χ1) is 10.7. The van der Waals surface area contributed by atoms with Crippen molar-refractivity contribution < 1.29 is 9.90 Å². The van der Waals surface area contributed by atoms with Crippen molar-refractivity contribution in [1.82, 2.24) is 9.55 Å². The summed E-state index contributed by atoms with van der Waals surface area (Å²) in [5.74, 6) is 0.210. The molecule has 0 fully saturated rings. The summed E-state index contributed by atoms with van der Waals surface area (Å²) >= 11 is 0. The second kappa shape index (κ2) is 6.19. The number of nitrogens with zero attached hydrogens (tertiary/aromatic N) is 2. The third kappa shape index (κ3) is 3.03. The van der Waals surface area contributed by atoms with E-state index in [4.69, 9.17) is 0 Å². The van der Waals surface area contributed by atoms with Crippen LogP contribution < -0.4 is 0 Å². The molecule has 4 nitrogen and oxygen atoms in total. The molecule has 0 saturated carbocycles. The lowest BCUT2D eigenvalue weighted by atomic mass is 9.84. The van der Waals surface area contributed by atoms with Crippen molar-refractivity contribution in [3.63, 3.8) is 0 Å². The Morgan fingerprint density at radius 1 is 1.26 bits per heavy atom. The molecule has 0 spiro atoms. The Kier molecular flexibility index (Phi) is 4.64. The molecular weight excluding hydrogens is 288 g/mol. The van der Waals surface area contributed by atoms with E-state index >= 15 is 0 Å². The minimum Gasteiger partial charge on any atom is -0.481 e. The summed E-state index contributed by atoms with van der Waals surface area (Å²) in [6, 6.07) is 6.10. The van der Waals surface area contributed by atoms with Gasteiger partial charge in [0.25, 0.3) is 0 Å². The van der Waals surface area contributed by atoms with Gasteiger partial charge in [-0.2, -0.15) is 0 Å². The molecule has 1 heterocycles. The fourth-order valence-corrected chi connectivity index (χ4v) is 2.90. The topological polar surface area (TPSA) is 55.1 Å². The molecule has 23 heavy (non-hydrogen) atoms. The summed E-state index contributed by atoms with van der Waals surface area (Å²) < 4.78 is 2.00. The zero-order valence-corrected chi connectivity index (χ0v) is 14.8. The van der Waals surface area contributed by atoms with E-state index in [0.29, 0.717) is 0 Å². The van der Waals surface area contributed by atoms with E-state index in [1.165, 1.54) is 16.7 Å². The van der Waals surface area contributed by atoms with Gasteiger partial charge in [-0.1, -0.05) is 25.1 Å². The van der Waals surface area contributed by atoms with Gasteiger partial charge >= 0.3 is 5.97 Å². The molecule has 2 aromatic rings. The normalized spacial score (nSPS) is 14.5. The third-order valence-corrected chi connectivity index (χ3v) is 5.21. The predicted octanol–water partition coefficient (Wildman–Crippen LogP) is 4.32. The van der Waals surface area contributed by atoms with Crippen LogP contribution in [0.1, 0.15) is 62.2 Å². The van der Waals surface area contributed by atoms with Crippen molar-refractivity contribution >= 4 is 5.97 Å². The molecule has 4 heteroatoms. The van der Waals surface area contributed by atoms with E-state index in [-0.39, 0.29) is 12.0 Å². The standard InChI is InChI=1S/C19H26N2O2/c1-12-8-7-9-16(13(12)2)14(3)17-20-10-11-21(17)15(4)19(5,6)18(22)23/h7-11,14-15H,1-6H3,(H,22,23)/t14-,15?/m1/s1. The number of benzene rings is 1. The molecular formula is C19H26N2O2. The average Bonchev–Trinajstić information content (AvgIpc) is 2.97. The average molecular weight is 314 g/mol. The van der Waals surface area contributed by atoms with Crippen LogP contribution in [0.5, 0.6) is 0 Å². The molecule has 0 aliphatic heterocycles. The Balaban J connectivity index is 2.45. The van der Waals surface area contributed by atoms with Crippen LogP contribution in [-0.2, 0) is 4.79 Å². The maximum atomic E-state index is 11.6. The van der Waals surface area contributed by atoms with Gasteiger partial charge in [0.2, 0.25) is 0 Å². The lowest BCUT2D eigenvalue weighted by Crippen LogP contribution is -2.33. The predicted molar refractivity (Wildman–Crippen MR) is 91.8 cm³/mol. The summed E-state index contributed by atoms with van der Waals surface area (Å²) in [7, 11) is 0. The molecule has 0 amide bonds. The van der Waals surface area contributed by atoms with Gasteiger partial charge in [0.15, 0.2) is 0 Å². The molecule has 124 valence electrons. The van der Waals surface area contributed by atoms with Crippen molar-refractivity contribution in [2.45, 2.75) is 53.5 Å². The number of hydrogen-bond acceptors (Lipinski definition) is 2. The molecule has 1 aromatic heterocycles. The van der Waals surface area contributed by atoms with Crippen molar-refractivity contribution in [1.29, 1.82) is 0 Å². The Bertz CT molecular complexity index is 716. The number of aryl methyl sites for hydroxylation is 1. The number of carboxylic acid groups (broad SMARTS) is 1. The fraction of sp³-hybridized carbons (Fsp3) is 0.474. The fourth-order valence-electron chi connectivity index (χ4n) is 2.90. The highest BCUT2D eigenvalue weighted by Crippen LogP contribution is 2.35. The first-order valence-electron chi connectivity index (χ1n) is 8.00. The van der Waals surface area contributed by atoms with Crippen LogP contribution in [0, 0.1) is 19.3 Å². The first-order valence-corrected chi connectivity index (χ1v) is 8.00. The van der Waals surface area contributed by atoms with Gasteiger partial charge in [-0.3, -0.25) is 4.79 Å². The quantitative estimate of drug-likeness (QED) is 0.894. The van der Waals surface area contributed by atoms with E-state index in [1.54, 1.807) is 20.0 Å². The Morgan fingerprint density at radius 2 is 1.91 bits per heavy atom. The molecule has 1 unspecified atom stereocenters. The van der Waals surface area contributed by atoms with Crippen LogP contribution in [0.15, 0.2) is 30.6 Å². The van der Waals surface area contributed by atoms with Gasteiger partial charge in [-0.05, 0) is 51.3 Å². The Hall–Kier alpha value is -2.10. The van der Waals surface area contributed by atoms with Crippen LogP contribution in [-0.4, -0.2) is 20.6 Å². The first kappa shape index (κ1) is 17.3. The summed E-state index contributed by atoms with van der Waals surface area (Å²) in [5, 5.41) is 9.50. The summed E-state index contributed by atoms with van der Waals surface area (Å²) in [5.41, 5.74) is 2.89. The van der Waals surface area contributed by atoms with E-state index in [0.717, 1.165) is 5.82 Å². The molecule has 2 rings (SSSR count). The number of carboxylic acids is 1. The molecule has 0 radical (unpaired) electrons. The van der Waals surface area contributed by atoms with Gasteiger partial charge in [0, 0.05) is 24.4 Å². The second-order valence-electron chi connectivity index (χ2n) is 6.91. The lowest BCUT2D eigenvalue weighted by molar-refractivity contribution is -0.149. The molecule has 1 N–H and O–H groups in total. The van der Waals surface area contributed by atoms with Crippen molar-refractivity contribution in [2.75, 3.05) is 0 Å². The highest BCUT2D eigenvalue weighted by atomic mass is 16.4. The smallest absolute Gasteiger partial charge is 0.311 e. The third-order valence-electron chi connectivity index (χ3n) is 5.21. The van der Waals surface area contributed by atoms with E-state index in [9.17, 15) is 9.90 Å². The SMILES string of the molecule is Cc1cccc([C@@H](C)c2nccn2C(C)C(C)(C)C(=O)O)c1C. The molecule has 1 aromatic carbocycles. The van der Waals surface area contributed by atoms with Gasteiger partial charge in [0.1, 0.15) is 5.82 Å². The minimum absolute atomic E-state index is 0.108. The van der Waals surface area contributed by atoms with Crippen LogP contribution in [0.2, 0.25) is 0 Å². The highest BCUT2D eigenvalue weighted by molar-refractivity contribution is 5.74. The van der Waals surface area contributed by atoms with Crippen LogP contribution in [0.3, 0.4) is 0 Å². The van der Waals surface area contributed by atoms with Crippen molar-refractivity contribution in [3.8, 4) is 0 Å². The van der Waals surface area contributed by atoms with Crippen LogP contribution in [0.25, 0.3) is 0 Å². The van der Waals surface area contributed by atoms with E-state index in [1.807, 2.05) is 17.7 Å². The maximum absolute atomic E-state index is 11.6. The van der Waals surface area contributed by atoms with Gasteiger partial charge in [0.05, 0.1) is 5.41 Å². The molecule has 0 aliphatic carbocycles. The number of rotatable bonds is 5. The number of imidazole rings is 1. The zero-order valence-electron chi connectivity index (χ0n) is 14.8. The van der Waals surface area contributed by atoms with Crippen LogP contribution in [0.4, 0.5) is 0 Å². The number of carbonyl (C=O) groups is 1. The largest absolute Gasteiger partial charge is 0.481 e. The molecule has 2 atom stereocenters. The Labute approximate surface area is 138 Å². The van der Waals surface area contributed by atoms with Crippen LogP contribution >= 0.6 is 0 Å². The van der Waals surface area contributed by atoms with Gasteiger partial charge < -0.3 is 9.67 Å². The van der Waals surface area contributed by atoms with E-state index in [2.05, 4.69) is 44.0 Å². The second-order valence-corrected chi connectivity index (χ2v) is 6.91. The highest BCUT2D eigenvalue weighted by Gasteiger charge is 2.36. The maximum Gasteiger partial charge on any atom is 0.311 e. The number of aliphatic carboxylic acids is 1. The number of aromatic nitrogens is 2.